The summed E-state index contributed by atoms with van der Waals surface area (Å²) in [5, 5.41) is 8.15. The molecule has 2 aliphatic rings. The summed E-state index contributed by atoms with van der Waals surface area (Å²) in [5.74, 6) is 2.35. The van der Waals surface area contributed by atoms with Crippen molar-refractivity contribution in [3.8, 4) is 5.75 Å². The van der Waals surface area contributed by atoms with Gasteiger partial charge in [-0.1, -0.05) is 18.2 Å². The molecule has 0 unspecified atom stereocenters. The molecule has 4 rings (SSSR count). The Labute approximate surface area is 135 Å². The average Bonchev–Trinajstić information content (AvgIpc) is 3.20. The summed E-state index contributed by atoms with van der Waals surface area (Å²) in [6.45, 7) is 1.51. The molecule has 23 heavy (non-hydrogen) atoms. The van der Waals surface area contributed by atoms with Gasteiger partial charge in [-0.05, 0) is 24.5 Å². The van der Waals surface area contributed by atoms with Crippen LogP contribution in [0.5, 0.6) is 5.75 Å². The number of aryl methyl sites for hydroxylation is 1. The van der Waals surface area contributed by atoms with Crippen LogP contribution in [-0.4, -0.2) is 44.8 Å². The molecule has 6 heteroatoms. The Hall–Kier alpha value is -2.37. The number of aromatic nitrogens is 3. The van der Waals surface area contributed by atoms with Crippen molar-refractivity contribution in [2.45, 2.75) is 31.3 Å². The van der Waals surface area contributed by atoms with Gasteiger partial charge in [-0.25, -0.2) is 0 Å². The molecule has 1 fully saturated rings. The van der Waals surface area contributed by atoms with Crippen molar-refractivity contribution in [2.75, 3.05) is 13.1 Å². The van der Waals surface area contributed by atoms with E-state index in [9.17, 15) is 4.79 Å². The standard InChI is InChI=1S/C17H20N4O2/c1-20-11-18-19-16(20)12-6-8-21(9-7-12)17(22)15-10-13-4-2-3-5-14(13)23-15/h2-5,11-12,15H,6-10H2,1H3/t15-/m0/s1. The number of fused-ring (bicyclic) bond motifs is 1. The zero-order valence-electron chi connectivity index (χ0n) is 13.2. The van der Waals surface area contributed by atoms with E-state index in [4.69, 9.17) is 4.74 Å². The normalized spacial score (nSPS) is 21.1. The van der Waals surface area contributed by atoms with E-state index in [1.807, 2.05) is 40.8 Å². The number of carbonyl (C=O) groups excluding carboxylic acids is 1. The van der Waals surface area contributed by atoms with Crippen molar-refractivity contribution < 1.29 is 9.53 Å². The molecular weight excluding hydrogens is 292 g/mol. The van der Waals surface area contributed by atoms with Crippen LogP contribution in [0.2, 0.25) is 0 Å². The molecule has 1 aromatic carbocycles. The van der Waals surface area contributed by atoms with Gasteiger partial charge in [0.25, 0.3) is 5.91 Å². The summed E-state index contributed by atoms with van der Waals surface area (Å²) in [7, 11) is 1.97. The quantitative estimate of drug-likeness (QED) is 0.844. The Morgan fingerprint density at radius 1 is 1.26 bits per heavy atom. The lowest BCUT2D eigenvalue weighted by Crippen LogP contribution is -2.45. The van der Waals surface area contributed by atoms with Crippen LogP contribution in [-0.2, 0) is 18.3 Å². The fourth-order valence-corrected chi connectivity index (χ4v) is 3.54. The van der Waals surface area contributed by atoms with Gasteiger partial charge < -0.3 is 14.2 Å². The SMILES string of the molecule is Cn1cnnc1C1CCN(C(=O)[C@@H]2Cc3ccccc3O2)CC1. The minimum atomic E-state index is -0.362. The first kappa shape index (κ1) is 14.2. The summed E-state index contributed by atoms with van der Waals surface area (Å²) in [6, 6.07) is 7.89. The Morgan fingerprint density at radius 3 is 2.74 bits per heavy atom. The molecule has 2 aromatic rings. The topological polar surface area (TPSA) is 60.2 Å². The summed E-state index contributed by atoms with van der Waals surface area (Å²) < 4.78 is 7.79. The first-order valence-electron chi connectivity index (χ1n) is 8.09. The second kappa shape index (κ2) is 5.68. The van der Waals surface area contributed by atoms with E-state index < -0.39 is 0 Å². The summed E-state index contributed by atoms with van der Waals surface area (Å²) in [6.07, 6.45) is 3.91. The number of hydrogen-bond acceptors (Lipinski definition) is 4. The average molecular weight is 312 g/mol. The highest BCUT2D eigenvalue weighted by Crippen LogP contribution is 2.31. The highest BCUT2D eigenvalue weighted by molar-refractivity contribution is 5.82. The molecule has 0 bridgehead atoms. The van der Waals surface area contributed by atoms with Crippen molar-refractivity contribution in [3.05, 3.63) is 42.0 Å². The minimum Gasteiger partial charge on any atom is -0.480 e. The largest absolute Gasteiger partial charge is 0.480 e. The maximum atomic E-state index is 12.7. The summed E-state index contributed by atoms with van der Waals surface area (Å²) >= 11 is 0. The zero-order valence-corrected chi connectivity index (χ0v) is 13.2. The van der Waals surface area contributed by atoms with Crippen molar-refractivity contribution in [1.29, 1.82) is 0 Å². The summed E-state index contributed by atoms with van der Waals surface area (Å²) in [5.41, 5.74) is 1.12. The monoisotopic (exact) mass is 312 g/mol. The van der Waals surface area contributed by atoms with Crippen LogP contribution in [0.1, 0.15) is 30.1 Å². The van der Waals surface area contributed by atoms with E-state index in [0.29, 0.717) is 12.3 Å². The van der Waals surface area contributed by atoms with Gasteiger partial charge >= 0.3 is 0 Å². The lowest BCUT2D eigenvalue weighted by atomic mass is 9.95. The first-order chi connectivity index (χ1) is 11.2. The molecule has 1 aromatic heterocycles. The predicted octanol–water partition coefficient (Wildman–Crippen LogP) is 1.52. The molecule has 1 saturated heterocycles. The van der Waals surface area contributed by atoms with E-state index >= 15 is 0 Å². The molecule has 0 aliphatic carbocycles. The van der Waals surface area contributed by atoms with E-state index in [1.165, 1.54) is 0 Å². The molecule has 3 heterocycles. The second-order valence-electron chi connectivity index (χ2n) is 6.32. The Balaban J connectivity index is 1.38. The van der Waals surface area contributed by atoms with Gasteiger partial charge in [-0.15, -0.1) is 10.2 Å². The number of benzene rings is 1. The van der Waals surface area contributed by atoms with Gasteiger partial charge in [-0.3, -0.25) is 4.79 Å². The molecule has 0 spiro atoms. The molecule has 0 saturated carbocycles. The van der Waals surface area contributed by atoms with Crippen LogP contribution in [0.4, 0.5) is 0 Å². The highest BCUT2D eigenvalue weighted by Gasteiger charge is 2.34. The molecule has 0 radical (unpaired) electrons. The number of amides is 1. The Bertz CT molecular complexity index is 694. The lowest BCUT2D eigenvalue weighted by Gasteiger charge is -2.32. The van der Waals surface area contributed by atoms with Crippen LogP contribution >= 0.6 is 0 Å². The van der Waals surface area contributed by atoms with Crippen molar-refractivity contribution in [2.24, 2.45) is 7.05 Å². The van der Waals surface area contributed by atoms with Crippen LogP contribution in [0, 0.1) is 0 Å². The van der Waals surface area contributed by atoms with Crippen molar-refractivity contribution in [1.82, 2.24) is 19.7 Å². The second-order valence-corrected chi connectivity index (χ2v) is 6.32. The van der Waals surface area contributed by atoms with E-state index in [-0.39, 0.29) is 12.0 Å². The molecule has 6 nitrogen and oxygen atoms in total. The molecule has 1 atom stereocenters. The first-order valence-corrected chi connectivity index (χ1v) is 8.09. The lowest BCUT2D eigenvalue weighted by molar-refractivity contribution is -0.139. The maximum Gasteiger partial charge on any atom is 0.263 e. The van der Waals surface area contributed by atoms with E-state index in [1.54, 1.807) is 6.33 Å². The number of likely N-dealkylation sites (tertiary alicyclic amines) is 1. The van der Waals surface area contributed by atoms with Gasteiger partial charge in [0, 0.05) is 32.5 Å². The predicted molar refractivity (Wildman–Crippen MR) is 84.1 cm³/mol. The van der Waals surface area contributed by atoms with Gasteiger partial charge in [0.15, 0.2) is 6.10 Å². The summed E-state index contributed by atoms with van der Waals surface area (Å²) in [4.78, 5) is 14.6. The molecule has 1 amide bonds. The number of ether oxygens (including phenoxy) is 1. The zero-order chi connectivity index (χ0) is 15.8. The maximum absolute atomic E-state index is 12.7. The van der Waals surface area contributed by atoms with Gasteiger partial charge in [0.2, 0.25) is 0 Å². The van der Waals surface area contributed by atoms with Crippen molar-refractivity contribution >= 4 is 5.91 Å². The number of piperidine rings is 1. The minimum absolute atomic E-state index is 0.109. The number of hydrogen-bond donors (Lipinski definition) is 0. The number of nitrogens with zero attached hydrogens (tertiary/aromatic N) is 4. The number of rotatable bonds is 2. The van der Waals surface area contributed by atoms with Crippen LogP contribution < -0.4 is 4.74 Å². The number of carbonyl (C=O) groups is 1. The smallest absolute Gasteiger partial charge is 0.263 e. The third-order valence-corrected chi connectivity index (χ3v) is 4.84. The van der Waals surface area contributed by atoms with Crippen LogP contribution in [0.15, 0.2) is 30.6 Å². The fraction of sp³-hybridized carbons (Fsp3) is 0.471. The van der Waals surface area contributed by atoms with Crippen LogP contribution in [0.25, 0.3) is 0 Å². The Kier molecular flexibility index (Phi) is 3.52. The van der Waals surface area contributed by atoms with Gasteiger partial charge in [-0.2, -0.15) is 0 Å². The Morgan fingerprint density at radius 2 is 2.04 bits per heavy atom. The highest BCUT2D eigenvalue weighted by atomic mass is 16.5. The van der Waals surface area contributed by atoms with E-state index in [2.05, 4.69) is 10.2 Å². The van der Waals surface area contributed by atoms with Crippen molar-refractivity contribution in [3.63, 3.8) is 0 Å². The molecular formula is C17H20N4O2. The van der Waals surface area contributed by atoms with Gasteiger partial charge in [0.1, 0.15) is 17.9 Å². The fourth-order valence-electron chi connectivity index (χ4n) is 3.54. The third kappa shape index (κ3) is 2.58. The van der Waals surface area contributed by atoms with Crippen LogP contribution in [0.3, 0.4) is 0 Å². The van der Waals surface area contributed by atoms with Gasteiger partial charge in [0.05, 0.1) is 0 Å². The van der Waals surface area contributed by atoms with E-state index in [0.717, 1.165) is 43.1 Å². The molecule has 0 N–H and O–H groups in total. The molecule has 120 valence electrons. The third-order valence-electron chi connectivity index (χ3n) is 4.84. The number of para-hydroxylation sites is 1. The molecule has 2 aliphatic heterocycles.